The molecule has 0 aliphatic rings. The van der Waals surface area contributed by atoms with Crippen molar-refractivity contribution < 1.29 is 0 Å². The second kappa shape index (κ2) is 5.50. The van der Waals surface area contributed by atoms with Crippen molar-refractivity contribution in [3.8, 4) is 0 Å². The maximum Gasteiger partial charge on any atom is 0.0346 e. The van der Waals surface area contributed by atoms with Gasteiger partial charge in [0.1, 0.15) is 0 Å². The van der Waals surface area contributed by atoms with Gasteiger partial charge in [0, 0.05) is 17.8 Å². The number of aromatic nitrogens is 1. The highest BCUT2D eigenvalue weighted by Gasteiger charge is 2.01. The van der Waals surface area contributed by atoms with Crippen LogP contribution in [0.4, 0.5) is 0 Å². The molecule has 1 aromatic carbocycles. The molecule has 80 valence electrons. The Hall–Kier alpha value is -1.37. The van der Waals surface area contributed by atoms with Crippen LogP contribution in [0.1, 0.15) is 31.9 Å². The Morgan fingerprint density at radius 1 is 1.13 bits per heavy atom. The number of hydrogen-bond donors (Lipinski definition) is 0. The van der Waals surface area contributed by atoms with Crippen LogP contribution in [0.15, 0.2) is 30.6 Å². The zero-order valence-electron chi connectivity index (χ0n) is 10.0. The first-order valence-electron chi connectivity index (χ1n) is 5.65. The van der Waals surface area contributed by atoms with Crippen LogP contribution in [-0.2, 0) is 6.42 Å². The number of pyridine rings is 1. The summed E-state index contributed by atoms with van der Waals surface area (Å²) in [4.78, 5) is 4.19. The molecular formula is C14H19N. The zero-order chi connectivity index (χ0) is 11.3. The summed E-state index contributed by atoms with van der Waals surface area (Å²) in [6.07, 6.45) is 4.95. The Balaban J connectivity index is 0.000000531. The molecule has 0 atom stereocenters. The van der Waals surface area contributed by atoms with Gasteiger partial charge in [0.25, 0.3) is 0 Å². The first-order chi connectivity index (χ1) is 7.33. The van der Waals surface area contributed by atoms with Crippen molar-refractivity contribution >= 4 is 10.8 Å². The van der Waals surface area contributed by atoms with Gasteiger partial charge in [-0.2, -0.15) is 0 Å². The summed E-state index contributed by atoms with van der Waals surface area (Å²) in [6.45, 7) is 8.31. The molecule has 0 bridgehead atoms. The van der Waals surface area contributed by atoms with Gasteiger partial charge < -0.3 is 0 Å². The fourth-order valence-corrected chi connectivity index (χ4v) is 1.80. The minimum Gasteiger partial charge on any atom is -0.264 e. The van der Waals surface area contributed by atoms with Crippen molar-refractivity contribution in [1.82, 2.24) is 4.98 Å². The standard InChI is InChI=1S/C12H13N.C2H6/c1-3-10-5-4-6-11-8-13-7-9(2)12(10)11;1-2/h4-8H,3H2,1-2H3;1-2H3. The van der Waals surface area contributed by atoms with E-state index < -0.39 is 0 Å². The summed E-state index contributed by atoms with van der Waals surface area (Å²) in [7, 11) is 0. The van der Waals surface area contributed by atoms with E-state index in [4.69, 9.17) is 0 Å². The molecule has 2 aromatic rings. The monoisotopic (exact) mass is 201 g/mol. The van der Waals surface area contributed by atoms with Gasteiger partial charge >= 0.3 is 0 Å². The Morgan fingerprint density at radius 2 is 1.87 bits per heavy atom. The predicted molar refractivity (Wildman–Crippen MR) is 67.2 cm³/mol. The molecule has 1 heterocycles. The molecule has 0 aliphatic carbocycles. The second-order valence-corrected chi connectivity index (χ2v) is 3.33. The van der Waals surface area contributed by atoms with Crippen LogP contribution in [-0.4, -0.2) is 4.98 Å². The molecule has 2 rings (SSSR count). The van der Waals surface area contributed by atoms with E-state index >= 15 is 0 Å². The average molecular weight is 201 g/mol. The van der Waals surface area contributed by atoms with Gasteiger partial charge in [-0.1, -0.05) is 39.0 Å². The molecule has 0 saturated carbocycles. The lowest BCUT2D eigenvalue weighted by atomic mass is 10.0. The molecule has 1 nitrogen and oxygen atoms in total. The van der Waals surface area contributed by atoms with Gasteiger partial charge in [-0.25, -0.2) is 0 Å². The van der Waals surface area contributed by atoms with Crippen LogP contribution in [0.5, 0.6) is 0 Å². The lowest BCUT2D eigenvalue weighted by molar-refractivity contribution is 1.15. The van der Waals surface area contributed by atoms with E-state index in [1.54, 1.807) is 0 Å². The summed E-state index contributed by atoms with van der Waals surface area (Å²) in [5, 5.41) is 2.62. The van der Waals surface area contributed by atoms with Gasteiger partial charge in [-0.05, 0) is 29.9 Å². The average Bonchev–Trinajstić information content (AvgIpc) is 2.31. The molecule has 0 spiro atoms. The predicted octanol–water partition coefficient (Wildman–Crippen LogP) is 4.13. The summed E-state index contributed by atoms with van der Waals surface area (Å²) < 4.78 is 0. The van der Waals surface area contributed by atoms with Gasteiger partial charge in [-0.15, -0.1) is 0 Å². The lowest BCUT2D eigenvalue weighted by Crippen LogP contribution is -1.87. The third kappa shape index (κ3) is 2.35. The highest BCUT2D eigenvalue weighted by Crippen LogP contribution is 2.21. The first kappa shape index (κ1) is 11.7. The van der Waals surface area contributed by atoms with Crippen molar-refractivity contribution in [2.24, 2.45) is 0 Å². The van der Waals surface area contributed by atoms with Gasteiger partial charge in [0.15, 0.2) is 0 Å². The van der Waals surface area contributed by atoms with E-state index in [0.29, 0.717) is 0 Å². The Labute approximate surface area is 92.2 Å². The van der Waals surface area contributed by atoms with Gasteiger partial charge in [-0.3, -0.25) is 4.98 Å². The maximum absolute atomic E-state index is 4.19. The highest BCUT2D eigenvalue weighted by molar-refractivity contribution is 5.87. The summed E-state index contributed by atoms with van der Waals surface area (Å²) >= 11 is 0. The highest BCUT2D eigenvalue weighted by atomic mass is 14.6. The number of aryl methyl sites for hydroxylation is 2. The molecule has 15 heavy (non-hydrogen) atoms. The molecule has 0 radical (unpaired) electrons. The number of nitrogens with zero attached hydrogens (tertiary/aromatic N) is 1. The second-order valence-electron chi connectivity index (χ2n) is 3.33. The fraction of sp³-hybridized carbons (Fsp3) is 0.357. The van der Waals surface area contributed by atoms with Crippen LogP contribution in [0.2, 0.25) is 0 Å². The number of hydrogen-bond acceptors (Lipinski definition) is 1. The van der Waals surface area contributed by atoms with Gasteiger partial charge in [0.05, 0.1) is 0 Å². The first-order valence-corrected chi connectivity index (χ1v) is 5.65. The molecule has 0 amide bonds. The minimum atomic E-state index is 1.09. The van der Waals surface area contributed by atoms with Crippen LogP contribution in [0.25, 0.3) is 10.8 Å². The largest absolute Gasteiger partial charge is 0.264 e. The van der Waals surface area contributed by atoms with Crippen LogP contribution in [0, 0.1) is 6.92 Å². The third-order valence-electron chi connectivity index (χ3n) is 2.44. The van der Waals surface area contributed by atoms with Crippen molar-refractivity contribution in [3.63, 3.8) is 0 Å². The number of fused-ring (bicyclic) bond motifs is 1. The van der Waals surface area contributed by atoms with Gasteiger partial charge in [0.2, 0.25) is 0 Å². The van der Waals surface area contributed by atoms with Crippen molar-refractivity contribution in [3.05, 3.63) is 41.7 Å². The van der Waals surface area contributed by atoms with E-state index in [2.05, 4.69) is 37.0 Å². The molecule has 1 aromatic heterocycles. The van der Waals surface area contributed by atoms with E-state index in [1.807, 2.05) is 26.2 Å². The van der Waals surface area contributed by atoms with E-state index in [1.165, 1.54) is 21.9 Å². The minimum absolute atomic E-state index is 1.09. The third-order valence-corrected chi connectivity index (χ3v) is 2.44. The van der Waals surface area contributed by atoms with E-state index in [0.717, 1.165) is 6.42 Å². The van der Waals surface area contributed by atoms with Crippen molar-refractivity contribution in [1.29, 1.82) is 0 Å². The lowest BCUT2D eigenvalue weighted by Gasteiger charge is -2.05. The Bertz CT molecular complexity index is 427. The zero-order valence-corrected chi connectivity index (χ0v) is 10.0. The van der Waals surface area contributed by atoms with Crippen LogP contribution < -0.4 is 0 Å². The SMILES string of the molecule is CC.CCc1cccc2cncc(C)c12. The normalized spacial score (nSPS) is 9.60. The van der Waals surface area contributed by atoms with E-state index in [9.17, 15) is 0 Å². The quantitative estimate of drug-likeness (QED) is 0.676. The Morgan fingerprint density at radius 3 is 2.53 bits per heavy atom. The van der Waals surface area contributed by atoms with Crippen molar-refractivity contribution in [2.75, 3.05) is 0 Å². The molecule has 0 saturated heterocycles. The smallest absolute Gasteiger partial charge is 0.0346 e. The Kier molecular flexibility index (Phi) is 4.29. The van der Waals surface area contributed by atoms with E-state index in [-0.39, 0.29) is 0 Å². The van der Waals surface area contributed by atoms with Crippen LogP contribution in [0.3, 0.4) is 0 Å². The topological polar surface area (TPSA) is 12.9 Å². The molecule has 0 aliphatic heterocycles. The van der Waals surface area contributed by atoms with Crippen molar-refractivity contribution in [2.45, 2.75) is 34.1 Å². The molecule has 0 unspecified atom stereocenters. The summed E-state index contributed by atoms with van der Waals surface area (Å²) in [5.41, 5.74) is 2.69. The molecule has 0 N–H and O–H groups in total. The molecule has 1 heteroatoms. The van der Waals surface area contributed by atoms with Crippen LogP contribution >= 0.6 is 0 Å². The number of rotatable bonds is 1. The summed E-state index contributed by atoms with van der Waals surface area (Å²) in [6, 6.07) is 6.41. The fourth-order valence-electron chi connectivity index (χ4n) is 1.80. The maximum atomic E-state index is 4.19. The number of benzene rings is 1. The molecule has 0 fully saturated rings. The molecular weight excluding hydrogens is 182 g/mol. The summed E-state index contributed by atoms with van der Waals surface area (Å²) in [5.74, 6) is 0.